The lowest BCUT2D eigenvalue weighted by Crippen LogP contribution is -2.15. The average molecular weight is 245 g/mol. The molecule has 4 heteroatoms. The van der Waals surface area contributed by atoms with Crippen LogP contribution in [0.15, 0.2) is 5.34 Å². The van der Waals surface area contributed by atoms with E-state index in [0.717, 1.165) is 19.3 Å². The summed E-state index contributed by atoms with van der Waals surface area (Å²) in [5, 5.41) is 2.45. The fourth-order valence-electron chi connectivity index (χ4n) is 1.73. The minimum atomic E-state index is -0.442. The molecule has 0 aromatic heterocycles. The third-order valence-corrected chi connectivity index (χ3v) is 2.71. The lowest BCUT2D eigenvalue weighted by Gasteiger charge is -2.13. The zero-order valence-corrected chi connectivity index (χ0v) is 11.3. The molecule has 0 N–H and O–H groups in total. The Kier molecular flexibility index (Phi) is 12.9. The SMILES string of the molecule is CCCCCCCCCC(OCCC)ON=O. The average Bonchev–Trinajstić information content (AvgIpc) is 2.34. The van der Waals surface area contributed by atoms with E-state index in [4.69, 9.17) is 4.74 Å². The van der Waals surface area contributed by atoms with Gasteiger partial charge >= 0.3 is 0 Å². The van der Waals surface area contributed by atoms with Crippen molar-refractivity contribution in [3.63, 3.8) is 0 Å². The van der Waals surface area contributed by atoms with Gasteiger partial charge in [0.2, 0.25) is 6.29 Å². The highest BCUT2D eigenvalue weighted by molar-refractivity contribution is 4.49. The summed E-state index contributed by atoms with van der Waals surface area (Å²) in [6.45, 7) is 4.87. The van der Waals surface area contributed by atoms with Crippen LogP contribution in [0.2, 0.25) is 0 Å². The third kappa shape index (κ3) is 11.6. The largest absolute Gasteiger partial charge is 0.341 e. The van der Waals surface area contributed by atoms with Gasteiger partial charge in [0.05, 0.1) is 6.61 Å². The van der Waals surface area contributed by atoms with Gasteiger partial charge in [-0.05, 0) is 12.8 Å². The van der Waals surface area contributed by atoms with Gasteiger partial charge in [0.1, 0.15) is 0 Å². The van der Waals surface area contributed by atoms with E-state index in [1.807, 2.05) is 6.92 Å². The summed E-state index contributed by atoms with van der Waals surface area (Å²) in [5.41, 5.74) is 0. The molecule has 17 heavy (non-hydrogen) atoms. The van der Waals surface area contributed by atoms with Crippen molar-refractivity contribution < 1.29 is 9.57 Å². The molecule has 0 aliphatic heterocycles. The molecule has 1 atom stereocenters. The fourth-order valence-corrected chi connectivity index (χ4v) is 1.73. The van der Waals surface area contributed by atoms with E-state index in [2.05, 4.69) is 17.1 Å². The maximum absolute atomic E-state index is 10.0. The minimum absolute atomic E-state index is 0.442. The predicted octanol–water partition coefficient (Wildman–Crippen LogP) is 4.58. The molecule has 0 heterocycles. The first-order valence-corrected chi connectivity index (χ1v) is 6.95. The van der Waals surface area contributed by atoms with Crippen molar-refractivity contribution >= 4 is 0 Å². The third-order valence-electron chi connectivity index (χ3n) is 2.71. The van der Waals surface area contributed by atoms with Crippen molar-refractivity contribution in [3.05, 3.63) is 4.91 Å². The van der Waals surface area contributed by atoms with E-state index in [9.17, 15) is 4.91 Å². The van der Waals surface area contributed by atoms with E-state index >= 15 is 0 Å². The van der Waals surface area contributed by atoms with E-state index in [-0.39, 0.29) is 0 Å². The number of unbranched alkanes of at least 4 members (excludes halogenated alkanes) is 6. The zero-order valence-electron chi connectivity index (χ0n) is 11.3. The van der Waals surface area contributed by atoms with Gasteiger partial charge in [0, 0.05) is 6.42 Å². The number of hydrogen-bond acceptors (Lipinski definition) is 4. The van der Waals surface area contributed by atoms with Crippen LogP contribution in [0.5, 0.6) is 0 Å². The van der Waals surface area contributed by atoms with Crippen LogP contribution >= 0.6 is 0 Å². The summed E-state index contributed by atoms with van der Waals surface area (Å²) in [6, 6.07) is 0. The molecule has 0 aliphatic rings. The second kappa shape index (κ2) is 13.4. The van der Waals surface area contributed by atoms with Gasteiger partial charge in [-0.3, -0.25) is 0 Å². The van der Waals surface area contributed by atoms with Crippen LogP contribution in [-0.4, -0.2) is 12.9 Å². The van der Waals surface area contributed by atoms with Gasteiger partial charge in [0.15, 0.2) is 5.34 Å². The van der Waals surface area contributed by atoms with Crippen molar-refractivity contribution in [1.29, 1.82) is 0 Å². The van der Waals surface area contributed by atoms with Crippen molar-refractivity contribution in [2.24, 2.45) is 5.34 Å². The first-order valence-electron chi connectivity index (χ1n) is 6.95. The molecule has 102 valence electrons. The first-order chi connectivity index (χ1) is 8.35. The van der Waals surface area contributed by atoms with Crippen LogP contribution < -0.4 is 0 Å². The second-order valence-electron chi connectivity index (χ2n) is 4.39. The second-order valence-corrected chi connectivity index (χ2v) is 4.39. The molecule has 0 amide bonds. The normalized spacial score (nSPS) is 12.4. The molecule has 0 radical (unpaired) electrons. The Hall–Kier alpha value is -0.640. The molecule has 0 spiro atoms. The topological polar surface area (TPSA) is 47.9 Å². The molecule has 0 fully saturated rings. The Morgan fingerprint density at radius 3 is 2.18 bits per heavy atom. The Labute approximate surface area is 105 Å². The van der Waals surface area contributed by atoms with Crippen LogP contribution in [-0.2, 0) is 9.57 Å². The molecule has 4 nitrogen and oxygen atoms in total. The predicted molar refractivity (Wildman–Crippen MR) is 69.5 cm³/mol. The summed E-state index contributed by atoms with van der Waals surface area (Å²) >= 11 is 0. The van der Waals surface area contributed by atoms with E-state index in [0.29, 0.717) is 6.61 Å². The van der Waals surface area contributed by atoms with Crippen molar-refractivity contribution in [2.45, 2.75) is 77.9 Å². The summed E-state index contributed by atoms with van der Waals surface area (Å²) in [4.78, 5) is 14.7. The quantitative estimate of drug-likeness (QED) is 0.206. The van der Waals surface area contributed by atoms with Crippen LogP contribution in [0.4, 0.5) is 0 Å². The molecule has 0 bridgehead atoms. The number of hydrogen-bond donors (Lipinski definition) is 0. The minimum Gasteiger partial charge on any atom is -0.341 e. The maximum atomic E-state index is 10.0. The van der Waals surface area contributed by atoms with E-state index in [1.165, 1.54) is 38.5 Å². The van der Waals surface area contributed by atoms with Crippen LogP contribution in [0.1, 0.15) is 71.6 Å². The highest BCUT2D eigenvalue weighted by atomic mass is 16.8. The molecular weight excluding hydrogens is 218 g/mol. The van der Waals surface area contributed by atoms with E-state index < -0.39 is 6.29 Å². The molecule has 0 aliphatic carbocycles. The standard InChI is InChI=1S/C13H27NO3/c1-3-5-6-7-8-9-10-11-13(17-14-15)16-12-4-2/h13H,3-12H2,1-2H3. The van der Waals surface area contributed by atoms with Crippen LogP contribution in [0.25, 0.3) is 0 Å². The number of rotatable bonds is 13. The van der Waals surface area contributed by atoms with Crippen molar-refractivity contribution in [3.8, 4) is 0 Å². The monoisotopic (exact) mass is 245 g/mol. The zero-order chi connectivity index (χ0) is 12.8. The van der Waals surface area contributed by atoms with Gasteiger partial charge in [-0.15, -0.1) is 4.91 Å². The van der Waals surface area contributed by atoms with Gasteiger partial charge < -0.3 is 9.57 Å². The first kappa shape index (κ1) is 16.4. The molecule has 0 aromatic rings. The summed E-state index contributed by atoms with van der Waals surface area (Å²) < 4.78 is 5.36. The summed E-state index contributed by atoms with van der Waals surface area (Å²) in [6.07, 6.45) is 9.98. The van der Waals surface area contributed by atoms with Crippen LogP contribution in [0.3, 0.4) is 0 Å². The Balaban J connectivity index is 3.36. The number of ether oxygens (including phenoxy) is 1. The molecule has 0 aromatic carbocycles. The molecule has 0 saturated heterocycles. The van der Waals surface area contributed by atoms with Gasteiger partial charge in [0.25, 0.3) is 0 Å². The lowest BCUT2D eigenvalue weighted by atomic mass is 10.1. The van der Waals surface area contributed by atoms with E-state index in [1.54, 1.807) is 0 Å². The molecule has 0 saturated carbocycles. The fraction of sp³-hybridized carbons (Fsp3) is 1.00. The summed E-state index contributed by atoms with van der Waals surface area (Å²) in [5.74, 6) is 0. The molecule has 1 unspecified atom stereocenters. The Morgan fingerprint density at radius 1 is 0.941 bits per heavy atom. The van der Waals surface area contributed by atoms with Crippen molar-refractivity contribution in [1.82, 2.24) is 0 Å². The Bertz CT molecular complexity index is 165. The maximum Gasteiger partial charge on any atom is 0.230 e. The molecular formula is C13H27NO3. The van der Waals surface area contributed by atoms with Gasteiger partial charge in [-0.2, -0.15) is 0 Å². The smallest absolute Gasteiger partial charge is 0.230 e. The lowest BCUT2D eigenvalue weighted by molar-refractivity contribution is -0.147. The van der Waals surface area contributed by atoms with Gasteiger partial charge in [-0.1, -0.05) is 52.4 Å². The van der Waals surface area contributed by atoms with Crippen molar-refractivity contribution in [2.75, 3.05) is 6.61 Å². The Morgan fingerprint density at radius 2 is 1.59 bits per heavy atom. The van der Waals surface area contributed by atoms with Crippen LogP contribution in [0, 0.1) is 4.91 Å². The van der Waals surface area contributed by atoms with Gasteiger partial charge in [-0.25, -0.2) is 0 Å². The highest BCUT2D eigenvalue weighted by Gasteiger charge is 2.09. The number of nitrogens with zero attached hydrogens (tertiary/aromatic N) is 1. The molecule has 0 rings (SSSR count). The summed E-state index contributed by atoms with van der Waals surface area (Å²) in [7, 11) is 0. The highest BCUT2D eigenvalue weighted by Crippen LogP contribution is 2.12.